The van der Waals surface area contributed by atoms with Crippen molar-refractivity contribution in [2.75, 3.05) is 26.2 Å². The van der Waals surface area contributed by atoms with E-state index in [1.54, 1.807) is 0 Å². The average Bonchev–Trinajstić information content (AvgIpc) is 2.46. The van der Waals surface area contributed by atoms with Crippen molar-refractivity contribution in [2.45, 2.75) is 78.8 Å². The molecule has 0 aliphatic carbocycles. The van der Waals surface area contributed by atoms with E-state index in [0.29, 0.717) is 6.04 Å². The third kappa shape index (κ3) is 7.05. The van der Waals surface area contributed by atoms with Crippen molar-refractivity contribution in [3.8, 4) is 0 Å². The molecule has 122 valence electrons. The summed E-state index contributed by atoms with van der Waals surface area (Å²) in [5, 5.41) is 13.2. The highest BCUT2D eigenvalue weighted by atomic mass is 16.3. The summed E-state index contributed by atoms with van der Waals surface area (Å²) in [5.74, 6) is 0.793. The van der Waals surface area contributed by atoms with Gasteiger partial charge in [0.15, 0.2) is 0 Å². The summed E-state index contributed by atoms with van der Waals surface area (Å²) in [4.78, 5) is 2.57. The molecule has 0 spiro atoms. The first-order valence-electron chi connectivity index (χ1n) is 8.56. The molecule has 20 heavy (non-hydrogen) atoms. The molecule has 2 atom stereocenters. The second-order valence-electron chi connectivity index (χ2n) is 6.47. The topological polar surface area (TPSA) is 35.5 Å². The Hall–Kier alpha value is -0.120. The molecule has 2 N–H and O–H groups in total. The fraction of sp³-hybridized carbons (Fsp3) is 1.00. The summed E-state index contributed by atoms with van der Waals surface area (Å²) in [6.45, 7) is 16.9. The highest BCUT2D eigenvalue weighted by Crippen LogP contribution is 2.19. The Morgan fingerprint density at radius 1 is 1.15 bits per heavy atom. The van der Waals surface area contributed by atoms with Crippen LogP contribution in [0.2, 0.25) is 0 Å². The normalized spacial score (nSPS) is 16.6. The zero-order valence-electron chi connectivity index (χ0n) is 14.7. The molecule has 0 aromatic carbocycles. The van der Waals surface area contributed by atoms with Crippen LogP contribution in [-0.2, 0) is 0 Å². The smallest absolute Gasteiger partial charge is 0.0611 e. The minimum Gasteiger partial charge on any atom is -0.394 e. The maximum atomic E-state index is 9.71. The van der Waals surface area contributed by atoms with Crippen LogP contribution in [-0.4, -0.2) is 47.8 Å². The van der Waals surface area contributed by atoms with E-state index in [4.69, 9.17) is 0 Å². The van der Waals surface area contributed by atoms with Gasteiger partial charge in [0.25, 0.3) is 0 Å². The number of hydrogen-bond donors (Lipinski definition) is 2. The molecule has 0 heterocycles. The maximum absolute atomic E-state index is 9.71. The van der Waals surface area contributed by atoms with E-state index in [0.717, 1.165) is 31.8 Å². The van der Waals surface area contributed by atoms with Gasteiger partial charge >= 0.3 is 0 Å². The van der Waals surface area contributed by atoms with E-state index in [1.165, 1.54) is 19.4 Å². The van der Waals surface area contributed by atoms with Crippen molar-refractivity contribution in [1.82, 2.24) is 10.2 Å². The summed E-state index contributed by atoms with van der Waals surface area (Å²) in [6, 6.07) is 0.502. The van der Waals surface area contributed by atoms with Crippen LogP contribution in [0.25, 0.3) is 0 Å². The molecule has 0 aliphatic rings. The first-order valence-corrected chi connectivity index (χ1v) is 8.56. The molecule has 0 amide bonds. The Bertz CT molecular complexity index is 231. The lowest BCUT2D eigenvalue weighted by atomic mass is 9.92. The van der Waals surface area contributed by atoms with Crippen molar-refractivity contribution in [3.63, 3.8) is 0 Å². The van der Waals surface area contributed by atoms with Gasteiger partial charge in [-0.15, -0.1) is 0 Å². The van der Waals surface area contributed by atoms with Crippen LogP contribution in [0.15, 0.2) is 0 Å². The lowest BCUT2D eigenvalue weighted by molar-refractivity contribution is 0.106. The summed E-state index contributed by atoms with van der Waals surface area (Å²) in [5.41, 5.74) is -0.156. The Morgan fingerprint density at radius 3 is 2.15 bits per heavy atom. The van der Waals surface area contributed by atoms with E-state index in [1.807, 2.05) is 0 Å². The van der Waals surface area contributed by atoms with E-state index < -0.39 is 0 Å². The van der Waals surface area contributed by atoms with Gasteiger partial charge in [-0.1, -0.05) is 40.5 Å². The first-order chi connectivity index (χ1) is 9.46. The number of nitrogens with one attached hydrogen (secondary N) is 1. The molecule has 0 saturated heterocycles. The lowest BCUT2D eigenvalue weighted by Gasteiger charge is -2.37. The van der Waals surface area contributed by atoms with Crippen LogP contribution in [0, 0.1) is 5.92 Å². The molecule has 2 unspecified atom stereocenters. The molecule has 3 heteroatoms. The molecule has 0 rings (SSSR count). The van der Waals surface area contributed by atoms with Gasteiger partial charge in [0.1, 0.15) is 0 Å². The third-order valence-electron chi connectivity index (χ3n) is 4.57. The fourth-order valence-electron chi connectivity index (χ4n) is 2.90. The van der Waals surface area contributed by atoms with Crippen molar-refractivity contribution in [2.24, 2.45) is 5.92 Å². The van der Waals surface area contributed by atoms with Crippen molar-refractivity contribution in [1.29, 1.82) is 0 Å². The van der Waals surface area contributed by atoms with E-state index >= 15 is 0 Å². The first kappa shape index (κ1) is 19.9. The van der Waals surface area contributed by atoms with Gasteiger partial charge < -0.3 is 15.3 Å². The van der Waals surface area contributed by atoms with Crippen LogP contribution in [0.5, 0.6) is 0 Å². The molecule has 0 fully saturated rings. The van der Waals surface area contributed by atoms with Crippen LogP contribution in [0.3, 0.4) is 0 Å². The Balaban J connectivity index is 4.54. The second kappa shape index (κ2) is 10.6. The minimum atomic E-state index is -0.156. The van der Waals surface area contributed by atoms with Crippen LogP contribution < -0.4 is 5.32 Å². The lowest BCUT2D eigenvalue weighted by Crippen LogP contribution is -2.51. The highest BCUT2D eigenvalue weighted by Gasteiger charge is 2.27. The Morgan fingerprint density at radius 2 is 1.75 bits per heavy atom. The zero-order valence-corrected chi connectivity index (χ0v) is 14.7. The number of aliphatic hydroxyl groups excluding tert-OH is 1. The summed E-state index contributed by atoms with van der Waals surface area (Å²) in [6.07, 6.45) is 4.61. The van der Waals surface area contributed by atoms with Crippen LogP contribution in [0.4, 0.5) is 0 Å². The molecular formula is C17H38N2O. The molecular weight excluding hydrogens is 248 g/mol. The number of nitrogens with zero attached hydrogens (tertiary/aromatic N) is 1. The summed E-state index contributed by atoms with van der Waals surface area (Å²) < 4.78 is 0. The van der Waals surface area contributed by atoms with E-state index in [9.17, 15) is 5.11 Å². The van der Waals surface area contributed by atoms with Crippen molar-refractivity contribution < 1.29 is 5.11 Å². The van der Waals surface area contributed by atoms with Gasteiger partial charge in [-0.2, -0.15) is 0 Å². The Labute approximate surface area is 127 Å². The number of hydrogen-bond acceptors (Lipinski definition) is 3. The number of rotatable bonds is 12. The predicted molar refractivity (Wildman–Crippen MR) is 89.2 cm³/mol. The molecule has 0 aromatic rings. The zero-order chi connectivity index (χ0) is 15.6. The molecule has 0 bridgehead atoms. The largest absolute Gasteiger partial charge is 0.394 e. The Kier molecular flexibility index (Phi) is 10.5. The van der Waals surface area contributed by atoms with Crippen molar-refractivity contribution >= 4 is 0 Å². The van der Waals surface area contributed by atoms with Gasteiger partial charge in [-0.25, -0.2) is 0 Å². The average molecular weight is 287 g/mol. The molecule has 0 saturated carbocycles. The maximum Gasteiger partial charge on any atom is 0.0611 e. The third-order valence-corrected chi connectivity index (χ3v) is 4.57. The van der Waals surface area contributed by atoms with E-state index in [-0.39, 0.29) is 12.1 Å². The SMILES string of the molecule is CCCNC(C)(CO)CC(C)N(CC)CC(CC)CC. The van der Waals surface area contributed by atoms with Crippen LogP contribution >= 0.6 is 0 Å². The van der Waals surface area contributed by atoms with Gasteiger partial charge in [0.05, 0.1) is 6.61 Å². The molecule has 0 radical (unpaired) electrons. The second-order valence-corrected chi connectivity index (χ2v) is 6.47. The van der Waals surface area contributed by atoms with Gasteiger partial charge in [0.2, 0.25) is 0 Å². The summed E-state index contributed by atoms with van der Waals surface area (Å²) >= 11 is 0. The van der Waals surface area contributed by atoms with Gasteiger partial charge in [0, 0.05) is 18.1 Å². The molecule has 3 nitrogen and oxygen atoms in total. The summed E-state index contributed by atoms with van der Waals surface area (Å²) in [7, 11) is 0. The van der Waals surface area contributed by atoms with Crippen LogP contribution in [0.1, 0.15) is 67.2 Å². The fourth-order valence-corrected chi connectivity index (χ4v) is 2.90. The standard InChI is InChI=1S/C17H38N2O/c1-7-11-18-17(6,14-20)12-15(5)19(10-4)13-16(8-2)9-3/h15-16,18,20H,7-14H2,1-6H3. The minimum absolute atomic E-state index is 0.156. The molecule has 0 aliphatic heterocycles. The van der Waals surface area contributed by atoms with Gasteiger partial charge in [-0.05, 0) is 45.7 Å². The number of aliphatic hydroxyl groups is 1. The quantitative estimate of drug-likeness (QED) is 0.578. The predicted octanol–water partition coefficient (Wildman–Crippen LogP) is 3.27. The molecule has 0 aromatic heterocycles. The van der Waals surface area contributed by atoms with Crippen molar-refractivity contribution in [3.05, 3.63) is 0 Å². The van der Waals surface area contributed by atoms with Gasteiger partial charge in [-0.3, -0.25) is 0 Å². The van der Waals surface area contributed by atoms with E-state index in [2.05, 4.69) is 51.8 Å². The monoisotopic (exact) mass is 286 g/mol. The highest BCUT2D eigenvalue weighted by molar-refractivity contribution is 4.87.